The highest BCUT2D eigenvalue weighted by atomic mass is 79.9. The van der Waals surface area contributed by atoms with Crippen molar-refractivity contribution in [2.24, 2.45) is 0 Å². The molecule has 1 fully saturated rings. The van der Waals surface area contributed by atoms with Crippen molar-refractivity contribution in [3.8, 4) is 0 Å². The van der Waals surface area contributed by atoms with Crippen molar-refractivity contribution in [2.75, 3.05) is 29.9 Å². The van der Waals surface area contributed by atoms with Crippen LogP contribution in [0.3, 0.4) is 0 Å². The Morgan fingerprint density at radius 3 is 2.81 bits per heavy atom. The lowest BCUT2D eigenvalue weighted by Crippen LogP contribution is -2.38. The summed E-state index contributed by atoms with van der Waals surface area (Å²) in [7, 11) is 0. The van der Waals surface area contributed by atoms with Gasteiger partial charge in [-0.2, -0.15) is 0 Å². The maximum absolute atomic E-state index is 5.82. The standard InChI is InChI=1S/C17H21BrN2O/c1-13-12-14-4-2-3-5-16(14)19-17(13)20-9-6-15(7-10-20)21-11-8-18/h2-5,12,15H,6-11H2,1H3. The number of ether oxygens (including phenoxy) is 1. The number of halogens is 1. The van der Waals surface area contributed by atoms with E-state index in [1.165, 1.54) is 10.9 Å². The van der Waals surface area contributed by atoms with E-state index in [4.69, 9.17) is 9.72 Å². The lowest BCUT2D eigenvalue weighted by Gasteiger charge is -2.33. The van der Waals surface area contributed by atoms with Crippen molar-refractivity contribution >= 4 is 32.7 Å². The van der Waals surface area contributed by atoms with Crippen LogP contribution in [0.25, 0.3) is 10.9 Å². The molecular formula is C17H21BrN2O. The zero-order valence-corrected chi connectivity index (χ0v) is 14.0. The first-order valence-electron chi connectivity index (χ1n) is 7.57. The first-order valence-corrected chi connectivity index (χ1v) is 8.69. The van der Waals surface area contributed by atoms with E-state index in [-0.39, 0.29) is 0 Å². The molecule has 1 aliphatic heterocycles. The number of fused-ring (bicyclic) bond motifs is 1. The maximum Gasteiger partial charge on any atom is 0.132 e. The molecule has 2 heterocycles. The molecule has 0 N–H and O–H groups in total. The van der Waals surface area contributed by atoms with E-state index in [9.17, 15) is 0 Å². The van der Waals surface area contributed by atoms with Crippen molar-refractivity contribution in [2.45, 2.75) is 25.9 Å². The second-order valence-electron chi connectivity index (χ2n) is 5.57. The Hall–Kier alpha value is -1.13. The molecule has 0 amide bonds. The number of hydrogen-bond donors (Lipinski definition) is 0. The van der Waals surface area contributed by atoms with Gasteiger partial charge in [-0.25, -0.2) is 4.98 Å². The van der Waals surface area contributed by atoms with Gasteiger partial charge in [0.05, 0.1) is 18.2 Å². The summed E-state index contributed by atoms with van der Waals surface area (Å²) in [6, 6.07) is 10.6. The number of rotatable bonds is 4. The van der Waals surface area contributed by atoms with Gasteiger partial charge in [-0.1, -0.05) is 34.1 Å². The van der Waals surface area contributed by atoms with Gasteiger partial charge in [-0.3, -0.25) is 0 Å². The molecule has 1 aromatic carbocycles. The summed E-state index contributed by atoms with van der Waals surface area (Å²) in [5.41, 5.74) is 2.34. The number of pyridine rings is 1. The summed E-state index contributed by atoms with van der Waals surface area (Å²) in [4.78, 5) is 7.26. The fourth-order valence-corrected chi connectivity index (χ4v) is 3.16. The van der Waals surface area contributed by atoms with Crippen molar-refractivity contribution < 1.29 is 4.74 Å². The third-order valence-electron chi connectivity index (χ3n) is 4.06. The summed E-state index contributed by atoms with van der Waals surface area (Å²) in [5, 5.41) is 2.13. The molecule has 0 spiro atoms. The normalized spacial score (nSPS) is 16.6. The van der Waals surface area contributed by atoms with E-state index in [0.29, 0.717) is 6.10 Å². The molecule has 0 atom stereocenters. The van der Waals surface area contributed by atoms with Crippen LogP contribution in [-0.2, 0) is 4.74 Å². The van der Waals surface area contributed by atoms with E-state index >= 15 is 0 Å². The van der Waals surface area contributed by atoms with Gasteiger partial charge >= 0.3 is 0 Å². The number of benzene rings is 1. The molecule has 3 nitrogen and oxygen atoms in total. The van der Waals surface area contributed by atoms with Crippen molar-refractivity contribution in [3.05, 3.63) is 35.9 Å². The molecule has 0 unspecified atom stereocenters. The summed E-state index contributed by atoms with van der Waals surface area (Å²) >= 11 is 3.41. The number of nitrogens with zero attached hydrogens (tertiary/aromatic N) is 2. The van der Waals surface area contributed by atoms with E-state index in [0.717, 1.165) is 49.2 Å². The number of aryl methyl sites for hydroxylation is 1. The second kappa shape index (κ2) is 6.75. The number of hydrogen-bond acceptors (Lipinski definition) is 3. The summed E-state index contributed by atoms with van der Waals surface area (Å²) in [6.07, 6.45) is 2.57. The van der Waals surface area contributed by atoms with E-state index in [1.807, 2.05) is 0 Å². The highest BCUT2D eigenvalue weighted by Gasteiger charge is 2.21. The molecule has 112 valence electrons. The Kier molecular flexibility index (Phi) is 4.76. The van der Waals surface area contributed by atoms with Crippen LogP contribution in [-0.4, -0.2) is 36.1 Å². The van der Waals surface area contributed by atoms with Crippen LogP contribution in [0.4, 0.5) is 5.82 Å². The van der Waals surface area contributed by atoms with Gasteiger partial charge in [-0.05, 0) is 37.5 Å². The highest BCUT2D eigenvalue weighted by Crippen LogP contribution is 2.26. The maximum atomic E-state index is 5.82. The molecule has 0 saturated carbocycles. The van der Waals surface area contributed by atoms with E-state index in [2.05, 4.69) is 58.1 Å². The van der Waals surface area contributed by atoms with Crippen LogP contribution in [0.2, 0.25) is 0 Å². The van der Waals surface area contributed by atoms with Crippen LogP contribution in [0, 0.1) is 6.92 Å². The lowest BCUT2D eigenvalue weighted by atomic mass is 10.1. The van der Waals surface area contributed by atoms with Gasteiger partial charge in [0.15, 0.2) is 0 Å². The van der Waals surface area contributed by atoms with Crippen LogP contribution in [0.1, 0.15) is 18.4 Å². The molecule has 0 radical (unpaired) electrons. The quantitative estimate of drug-likeness (QED) is 0.783. The SMILES string of the molecule is Cc1cc2ccccc2nc1N1CCC(OCCBr)CC1. The fraction of sp³-hybridized carbons (Fsp3) is 0.471. The Morgan fingerprint density at radius 1 is 1.29 bits per heavy atom. The van der Waals surface area contributed by atoms with Crippen LogP contribution in [0.5, 0.6) is 0 Å². The van der Waals surface area contributed by atoms with Gasteiger partial charge < -0.3 is 9.64 Å². The smallest absolute Gasteiger partial charge is 0.132 e. The van der Waals surface area contributed by atoms with Crippen LogP contribution in [0.15, 0.2) is 30.3 Å². The van der Waals surface area contributed by atoms with Gasteiger partial charge in [0.1, 0.15) is 5.82 Å². The number of para-hydroxylation sites is 1. The molecule has 1 aliphatic rings. The minimum atomic E-state index is 0.402. The monoisotopic (exact) mass is 348 g/mol. The molecule has 1 saturated heterocycles. The van der Waals surface area contributed by atoms with Gasteiger partial charge in [0.2, 0.25) is 0 Å². The Labute approximate surface area is 134 Å². The molecule has 4 heteroatoms. The number of anilines is 1. The third kappa shape index (κ3) is 3.38. The van der Waals surface area contributed by atoms with Crippen molar-refractivity contribution in [1.29, 1.82) is 0 Å². The zero-order valence-electron chi connectivity index (χ0n) is 12.4. The minimum Gasteiger partial charge on any atom is -0.377 e. The number of aromatic nitrogens is 1. The van der Waals surface area contributed by atoms with E-state index in [1.54, 1.807) is 0 Å². The van der Waals surface area contributed by atoms with Gasteiger partial charge in [0.25, 0.3) is 0 Å². The van der Waals surface area contributed by atoms with Gasteiger partial charge in [0, 0.05) is 23.8 Å². The van der Waals surface area contributed by atoms with Gasteiger partial charge in [-0.15, -0.1) is 0 Å². The third-order valence-corrected chi connectivity index (χ3v) is 4.38. The van der Waals surface area contributed by atoms with Crippen molar-refractivity contribution in [1.82, 2.24) is 4.98 Å². The molecular weight excluding hydrogens is 328 g/mol. The average Bonchev–Trinajstić information content (AvgIpc) is 2.53. The summed E-state index contributed by atoms with van der Waals surface area (Å²) in [6.45, 7) is 5.01. The molecule has 0 aliphatic carbocycles. The first-order chi connectivity index (χ1) is 10.3. The largest absolute Gasteiger partial charge is 0.377 e. The molecule has 0 bridgehead atoms. The Bertz CT molecular complexity index is 609. The second-order valence-corrected chi connectivity index (χ2v) is 6.36. The topological polar surface area (TPSA) is 25.4 Å². The highest BCUT2D eigenvalue weighted by molar-refractivity contribution is 9.09. The molecule has 2 aromatic rings. The average molecular weight is 349 g/mol. The molecule has 3 rings (SSSR count). The predicted molar refractivity (Wildman–Crippen MR) is 91.5 cm³/mol. The van der Waals surface area contributed by atoms with Crippen LogP contribution >= 0.6 is 15.9 Å². The van der Waals surface area contributed by atoms with Crippen LogP contribution < -0.4 is 4.90 Å². The fourth-order valence-electron chi connectivity index (χ4n) is 2.98. The predicted octanol–water partition coefficient (Wildman–Crippen LogP) is 3.92. The summed E-state index contributed by atoms with van der Waals surface area (Å²) < 4.78 is 5.82. The molecule has 21 heavy (non-hydrogen) atoms. The van der Waals surface area contributed by atoms with E-state index < -0.39 is 0 Å². The van der Waals surface area contributed by atoms with Crippen molar-refractivity contribution in [3.63, 3.8) is 0 Å². The Balaban J connectivity index is 1.74. The molecule has 1 aromatic heterocycles. The first kappa shape index (κ1) is 14.8. The number of alkyl halides is 1. The minimum absolute atomic E-state index is 0.402. The summed E-state index contributed by atoms with van der Waals surface area (Å²) in [5.74, 6) is 1.13. The number of piperidine rings is 1. The lowest BCUT2D eigenvalue weighted by molar-refractivity contribution is 0.0480. The zero-order chi connectivity index (χ0) is 14.7. The Morgan fingerprint density at radius 2 is 2.05 bits per heavy atom.